The molecule has 0 saturated carbocycles. The third-order valence-electron chi connectivity index (χ3n) is 3.45. The largest absolute Gasteiger partial charge is 0.343 e. The number of piperidine rings is 1. The first kappa shape index (κ1) is 15.0. The maximum atomic E-state index is 12.0. The third kappa shape index (κ3) is 4.07. The van der Waals surface area contributed by atoms with Gasteiger partial charge in [0.25, 0.3) is 5.91 Å². The number of benzene rings is 1. The van der Waals surface area contributed by atoms with Gasteiger partial charge in [0, 0.05) is 24.0 Å². The van der Waals surface area contributed by atoms with Gasteiger partial charge in [-0.3, -0.25) is 9.59 Å². The molecule has 0 bridgehead atoms. The number of carbonyl (C=O) groups is 2. The molecule has 1 aromatic rings. The molecular formula is C15H19BrN2O2. The van der Waals surface area contributed by atoms with Crippen molar-refractivity contribution in [2.24, 2.45) is 0 Å². The number of alkyl halides is 1. The van der Waals surface area contributed by atoms with Gasteiger partial charge in [0.1, 0.15) is 0 Å². The topological polar surface area (TPSA) is 49.4 Å². The van der Waals surface area contributed by atoms with Crippen molar-refractivity contribution in [3.8, 4) is 0 Å². The van der Waals surface area contributed by atoms with Crippen molar-refractivity contribution in [2.45, 2.75) is 24.6 Å². The Morgan fingerprint density at radius 2 is 1.95 bits per heavy atom. The number of hydrogen-bond donors (Lipinski definition) is 1. The van der Waals surface area contributed by atoms with Gasteiger partial charge in [-0.1, -0.05) is 28.1 Å². The summed E-state index contributed by atoms with van der Waals surface area (Å²) in [6.45, 7) is 1.71. The van der Waals surface area contributed by atoms with Crippen LogP contribution in [0.15, 0.2) is 24.3 Å². The van der Waals surface area contributed by atoms with Crippen LogP contribution in [0.25, 0.3) is 0 Å². The monoisotopic (exact) mass is 338 g/mol. The van der Waals surface area contributed by atoms with Crippen molar-refractivity contribution in [3.05, 3.63) is 35.4 Å². The van der Waals surface area contributed by atoms with E-state index >= 15 is 0 Å². The van der Waals surface area contributed by atoms with Crippen LogP contribution in [0.2, 0.25) is 0 Å². The summed E-state index contributed by atoms with van der Waals surface area (Å²) < 4.78 is 0. The van der Waals surface area contributed by atoms with Gasteiger partial charge < -0.3 is 10.2 Å². The van der Waals surface area contributed by atoms with E-state index in [9.17, 15) is 9.59 Å². The van der Waals surface area contributed by atoms with Crippen LogP contribution in [0.4, 0.5) is 0 Å². The Bertz CT molecular complexity index is 485. The molecule has 2 rings (SSSR count). The lowest BCUT2D eigenvalue weighted by Gasteiger charge is -2.26. The molecular weight excluding hydrogens is 320 g/mol. The van der Waals surface area contributed by atoms with Gasteiger partial charge in [-0.15, -0.1) is 0 Å². The summed E-state index contributed by atoms with van der Waals surface area (Å²) in [6.07, 6.45) is 3.31. The summed E-state index contributed by atoms with van der Waals surface area (Å²) in [5.74, 6) is -0.187. The van der Waals surface area contributed by atoms with E-state index in [2.05, 4.69) is 21.2 Å². The standard InChI is InChI=1S/C15H19BrN2O2/c16-10-12-5-4-6-13(9-12)15(20)17-11-14(19)18-7-2-1-3-8-18/h4-6,9H,1-3,7-8,10-11H2,(H,17,20). The molecule has 1 aromatic carbocycles. The zero-order valence-electron chi connectivity index (χ0n) is 11.4. The molecule has 1 saturated heterocycles. The van der Waals surface area contributed by atoms with E-state index in [-0.39, 0.29) is 18.4 Å². The smallest absolute Gasteiger partial charge is 0.251 e. The Morgan fingerprint density at radius 1 is 1.20 bits per heavy atom. The van der Waals surface area contributed by atoms with Crippen molar-refractivity contribution in [2.75, 3.05) is 19.6 Å². The van der Waals surface area contributed by atoms with E-state index in [1.54, 1.807) is 6.07 Å². The molecule has 1 aliphatic rings. The first-order valence-corrected chi connectivity index (χ1v) is 8.04. The molecule has 20 heavy (non-hydrogen) atoms. The summed E-state index contributed by atoms with van der Waals surface area (Å²) in [5, 5.41) is 3.41. The van der Waals surface area contributed by atoms with Gasteiger partial charge >= 0.3 is 0 Å². The molecule has 0 unspecified atom stereocenters. The van der Waals surface area contributed by atoms with Crippen molar-refractivity contribution in [1.29, 1.82) is 0 Å². The Balaban J connectivity index is 1.86. The number of likely N-dealkylation sites (tertiary alicyclic amines) is 1. The normalized spacial score (nSPS) is 14.9. The number of hydrogen-bond acceptors (Lipinski definition) is 2. The molecule has 1 aliphatic heterocycles. The third-order valence-corrected chi connectivity index (χ3v) is 4.10. The molecule has 1 N–H and O–H groups in total. The lowest BCUT2D eigenvalue weighted by atomic mass is 10.1. The fraction of sp³-hybridized carbons (Fsp3) is 0.467. The summed E-state index contributed by atoms with van der Waals surface area (Å²) >= 11 is 3.36. The Kier molecular flexibility index (Phi) is 5.59. The molecule has 5 heteroatoms. The number of halogens is 1. The average Bonchev–Trinajstić information content (AvgIpc) is 2.53. The molecule has 1 fully saturated rings. The molecule has 0 aliphatic carbocycles. The summed E-state index contributed by atoms with van der Waals surface area (Å²) in [6, 6.07) is 7.38. The molecule has 2 amide bonds. The van der Waals surface area contributed by atoms with Crippen LogP contribution in [0, 0.1) is 0 Å². The number of nitrogens with one attached hydrogen (secondary N) is 1. The van der Waals surface area contributed by atoms with E-state index in [0.29, 0.717) is 10.9 Å². The van der Waals surface area contributed by atoms with Crippen molar-refractivity contribution < 1.29 is 9.59 Å². The second-order valence-electron chi connectivity index (χ2n) is 4.96. The Labute approximate surface area is 127 Å². The van der Waals surface area contributed by atoms with Gasteiger partial charge in [0.15, 0.2) is 0 Å². The molecule has 0 aromatic heterocycles. The zero-order valence-corrected chi connectivity index (χ0v) is 13.0. The predicted molar refractivity (Wildman–Crippen MR) is 81.8 cm³/mol. The van der Waals surface area contributed by atoms with Gasteiger partial charge in [-0.25, -0.2) is 0 Å². The number of nitrogens with zero attached hydrogens (tertiary/aromatic N) is 1. The minimum absolute atomic E-state index is 0.00898. The predicted octanol–water partition coefficient (Wildman–Crippen LogP) is 2.32. The zero-order chi connectivity index (χ0) is 14.4. The fourth-order valence-electron chi connectivity index (χ4n) is 2.31. The highest BCUT2D eigenvalue weighted by Crippen LogP contribution is 2.10. The van der Waals surface area contributed by atoms with Crippen LogP contribution in [0.5, 0.6) is 0 Å². The minimum atomic E-state index is -0.196. The van der Waals surface area contributed by atoms with Gasteiger partial charge in [0.2, 0.25) is 5.91 Å². The van der Waals surface area contributed by atoms with Crippen molar-refractivity contribution in [1.82, 2.24) is 10.2 Å². The molecule has 0 radical (unpaired) electrons. The fourth-order valence-corrected chi connectivity index (χ4v) is 2.66. The highest BCUT2D eigenvalue weighted by molar-refractivity contribution is 9.08. The first-order valence-electron chi connectivity index (χ1n) is 6.91. The maximum absolute atomic E-state index is 12.0. The summed E-state index contributed by atoms with van der Waals surface area (Å²) in [7, 11) is 0. The second-order valence-corrected chi connectivity index (χ2v) is 5.52. The van der Waals surface area contributed by atoms with Gasteiger partial charge in [-0.2, -0.15) is 0 Å². The van der Waals surface area contributed by atoms with Crippen LogP contribution < -0.4 is 5.32 Å². The highest BCUT2D eigenvalue weighted by Gasteiger charge is 2.17. The van der Waals surface area contributed by atoms with Crippen LogP contribution in [0.1, 0.15) is 35.2 Å². The van der Waals surface area contributed by atoms with E-state index in [1.807, 2.05) is 23.1 Å². The SMILES string of the molecule is O=C(NCC(=O)N1CCCCC1)c1cccc(CBr)c1. The molecule has 108 valence electrons. The van der Waals surface area contributed by atoms with Crippen LogP contribution in [-0.2, 0) is 10.1 Å². The second kappa shape index (κ2) is 7.43. The van der Waals surface area contributed by atoms with E-state index in [4.69, 9.17) is 0 Å². The highest BCUT2D eigenvalue weighted by atomic mass is 79.9. The lowest BCUT2D eigenvalue weighted by Crippen LogP contribution is -2.42. The van der Waals surface area contributed by atoms with E-state index in [1.165, 1.54) is 6.42 Å². The lowest BCUT2D eigenvalue weighted by molar-refractivity contribution is -0.130. The van der Waals surface area contributed by atoms with Gasteiger partial charge in [-0.05, 0) is 37.0 Å². The van der Waals surface area contributed by atoms with Crippen LogP contribution in [0.3, 0.4) is 0 Å². The summed E-state index contributed by atoms with van der Waals surface area (Å²) in [4.78, 5) is 25.8. The minimum Gasteiger partial charge on any atom is -0.343 e. The van der Waals surface area contributed by atoms with E-state index < -0.39 is 0 Å². The molecule has 4 nitrogen and oxygen atoms in total. The number of rotatable bonds is 4. The van der Waals surface area contributed by atoms with Crippen molar-refractivity contribution >= 4 is 27.7 Å². The Morgan fingerprint density at radius 3 is 2.65 bits per heavy atom. The van der Waals surface area contributed by atoms with Crippen molar-refractivity contribution in [3.63, 3.8) is 0 Å². The van der Waals surface area contributed by atoms with Crippen LogP contribution in [-0.4, -0.2) is 36.3 Å². The molecule has 0 spiro atoms. The quantitative estimate of drug-likeness (QED) is 0.856. The maximum Gasteiger partial charge on any atom is 0.251 e. The first-order chi connectivity index (χ1) is 9.70. The number of amides is 2. The van der Waals surface area contributed by atoms with Crippen LogP contribution >= 0.6 is 15.9 Å². The average molecular weight is 339 g/mol. The Hall–Kier alpha value is -1.36. The number of carbonyl (C=O) groups excluding carboxylic acids is 2. The van der Waals surface area contributed by atoms with E-state index in [0.717, 1.165) is 31.5 Å². The molecule has 0 atom stereocenters. The van der Waals surface area contributed by atoms with Gasteiger partial charge in [0.05, 0.1) is 6.54 Å². The summed E-state index contributed by atoms with van der Waals surface area (Å²) in [5.41, 5.74) is 1.63. The molecule has 1 heterocycles.